The predicted octanol–water partition coefficient (Wildman–Crippen LogP) is 8.80. The summed E-state index contributed by atoms with van der Waals surface area (Å²) in [5.41, 5.74) is 1.40. The summed E-state index contributed by atoms with van der Waals surface area (Å²) >= 11 is 0. The molecule has 3 nitrogen and oxygen atoms in total. The van der Waals surface area contributed by atoms with Crippen molar-refractivity contribution < 1.29 is 9.53 Å². The predicted molar refractivity (Wildman–Crippen MR) is 132 cm³/mol. The van der Waals surface area contributed by atoms with Crippen molar-refractivity contribution in [2.24, 2.45) is 5.92 Å². The van der Waals surface area contributed by atoms with Crippen LogP contribution in [0.15, 0.2) is 60.7 Å². The van der Waals surface area contributed by atoms with Gasteiger partial charge in [-0.25, -0.2) is 9.69 Å². The van der Waals surface area contributed by atoms with E-state index in [0.29, 0.717) is 5.92 Å². The molecule has 2 saturated carbocycles. The zero-order chi connectivity index (χ0) is 22.1. The van der Waals surface area contributed by atoms with Crippen LogP contribution in [0.25, 0.3) is 0 Å². The number of para-hydroxylation sites is 2. The monoisotopic (exact) mass is 433 g/mol. The van der Waals surface area contributed by atoms with E-state index in [0.717, 1.165) is 24.2 Å². The Kier molecular flexibility index (Phi) is 8.25. The highest BCUT2D eigenvalue weighted by molar-refractivity contribution is 5.96. The fourth-order valence-corrected chi connectivity index (χ4v) is 5.81. The van der Waals surface area contributed by atoms with E-state index in [1.165, 1.54) is 77.0 Å². The third-order valence-electron chi connectivity index (χ3n) is 7.55. The second kappa shape index (κ2) is 11.5. The Morgan fingerprint density at radius 1 is 0.656 bits per heavy atom. The molecule has 2 aromatic carbocycles. The molecule has 0 heterocycles. The first kappa shape index (κ1) is 22.9. The maximum Gasteiger partial charge on any atom is 0.419 e. The van der Waals surface area contributed by atoms with Gasteiger partial charge in [-0.3, -0.25) is 0 Å². The molecule has 0 aliphatic heterocycles. The zero-order valence-electron chi connectivity index (χ0n) is 19.5. The smallest absolute Gasteiger partial charge is 0.419 e. The van der Waals surface area contributed by atoms with Gasteiger partial charge in [0.25, 0.3) is 0 Å². The van der Waals surface area contributed by atoms with Crippen molar-refractivity contribution in [2.45, 2.75) is 95.5 Å². The van der Waals surface area contributed by atoms with E-state index in [1.807, 2.05) is 60.7 Å². The molecule has 2 aliphatic rings. The summed E-state index contributed by atoms with van der Waals surface area (Å²) in [6, 6.07) is 19.9. The second-order valence-electron chi connectivity index (χ2n) is 9.75. The lowest BCUT2D eigenvalue weighted by Crippen LogP contribution is -2.46. The number of benzene rings is 2. The van der Waals surface area contributed by atoms with Crippen molar-refractivity contribution in [1.29, 1.82) is 0 Å². The van der Waals surface area contributed by atoms with E-state index in [4.69, 9.17) is 4.74 Å². The Hall–Kier alpha value is -2.29. The Bertz CT molecular complexity index is 764. The molecule has 0 unspecified atom stereocenters. The molecule has 2 aliphatic carbocycles. The third kappa shape index (κ3) is 5.74. The van der Waals surface area contributed by atoms with Gasteiger partial charge in [0.15, 0.2) is 0 Å². The molecule has 32 heavy (non-hydrogen) atoms. The molecule has 172 valence electrons. The van der Waals surface area contributed by atoms with E-state index in [-0.39, 0.29) is 11.7 Å². The van der Waals surface area contributed by atoms with Crippen LogP contribution in [0.3, 0.4) is 0 Å². The average molecular weight is 434 g/mol. The van der Waals surface area contributed by atoms with Crippen molar-refractivity contribution in [3.63, 3.8) is 0 Å². The summed E-state index contributed by atoms with van der Waals surface area (Å²) in [5.74, 6) is 0.484. The lowest BCUT2D eigenvalue weighted by atomic mass is 9.72. The topological polar surface area (TPSA) is 29.5 Å². The Morgan fingerprint density at radius 2 is 1.09 bits per heavy atom. The van der Waals surface area contributed by atoms with Crippen LogP contribution in [-0.2, 0) is 4.74 Å². The molecule has 0 saturated heterocycles. The van der Waals surface area contributed by atoms with E-state index >= 15 is 0 Å². The number of amides is 1. The maximum absolute atomic E-state index is 13.9. The molecule has 2 fully saturated rings. The minimum absolute atomic E-state index is 0.218. The van der Waals surface area contributed by atoms with Gasteiger partial charge in [0.1, 0.15) is 5.60 Å². The summed E-state index contributed by atoms with van der Waals surface area (Å²) < 4.78 is 6.71. The molecule has 0 aromatic heterocycles. The van der Waals surface area contributed by atoms with E-state index in [1.54, 1.807) is 4.90 Å². The number of rotatable bonds is 4. The van der Waals surface area contributed by atoms with Crippen LogP contribution in [0.4, 0.5) is 16.2 Å². The lowest BCUT2D eigenvalue weighted by molar-refractivity contribution is -0.0573. The average Bonchev–Trinajstić information content (AvgIpc) is 2.77. The summed E-state index contributed by atoms with van der Waals surface area (Å²) in [7, 11) is 0. The number of hydrogen-bond donors (Lipinski definition) is 0. The van der Waals surface area contributed by atoms with Crippen LogP contribution in [0.1, 0.15) is 89.9 Å². The normalized spacial score (nSPS) is 20.2. The van der Waals surface area contributed by atoms with Crippen molar-refractivity contribution in [3.8, 4) is 0 Å². The van der Waals surface area contributed by atoms with Gasteiger partial charge in [-0.15, -0.1) is 0 Å². The Balaban J connectivity index is 1.65. The molecular weight excluding hydrogens is 394 g/mol. The molecule has 0 bridgehead atoms. The third-order valence-corrected chi connectivity index (χ3v) is 7.55. The van der Waals surface area contributed by atoms with Gasteiger partial charge in [0, 0.05) is 0 Å². The van der Waals surface area contributed by atoms with Crippen LogP contribution < -0.4 is 4.90 Å². The summed E-state index contributed by atoms with van der Waals surface area (Å²) in [6.07, 6.45) is 16.9. The number of hydrogen-bond acceptors (Lipinski definition) is 2. The fraction of sp³-hybridized carbons (Fsp3) is 0.552. The fourth-order valence-electron chi connectivity index (χ4n) is 5.81. The van der Waals surface area contributed by atoms with Gasteiger partial charge in [-0.05, 0) is 68.7 Å². The summed E-state index contributed by atoms with van der Waals surface area (Å²) in [5, 5.41) is 0. The van der Waals surface area contributed by atoms with Gasteiger partial charge in [0.2, 0.25) is 0 Å². The highest BCUT2D eigenvalue weighted by Gasteiger charge is 2.43. The van der Waals surface area contributed by atoms with Crippen molar-refractivity contribution in [1.82, 2.24) is 0 Å². The highest BCUT2D eigenvalue weighted by Crippen LogP contribution is 2.43. The van der Waals surface area contributed by atoms with Crippen LogP contribution in [0.5, 0.6) is 0 Å². The van der Waals surface area contributed by atoms with Crippen molar-refractivity contribution in [3.05, 3.63) is 60.7 Å². The standard InChI is InChI=1S/C29H39NO2/c31-28(30(26-19-11-7-12-20-26)27-21-13-8-14-22-27)32-29(23-15-5-2-6-16-24-29)25-17-9-3-1-4-10-18-25/h7-8,11-14,19-22,25H,1-6,9-10,15-18,23-24H2. The first-order chi connectivity index (χ1) is 15.8. The molecular formula is C29H39NO2. The SMILES string of the molecule is O=C(OC1(C2CCCCCCC2)CCCCCCC1)N(c1ccccc1)c1ccccc1. The number of ether oxygens (including phenoxy) is 1. The number of carbonyl (C=O) groups excluding carboxylic acids is 1. The van der Waals surface area contributed by atoms with E-state index in [2.05, 4.69) is 0 Å². The number of anilines is 2. The van der Waals surface area contributed by atoms with Crippen LogP contribution in [0, 0.1) is 5.92 Å². The first-order valence-corrected chi connectivity index (χ1v) is 12.9. The van der Waals surface area contributed by atoms with Gasteiger partial charge in [-0.2, -0.15) is 0 Å². The maximum atomic E-state index is 13.9. The molecule has 0 spiro atoms. The molecule has 0 N–H and O–H groups in total. The van der Waals surface area contributed by atoms with Gasteiger partial charge in [0.05, 0.1) is 11.4 Å². The van der Waals surface area contributed by atoms with Crippen molar-refractivity contribution in [2.75, 3.05) is 4.90 Å². The number of nitrogens with zero attached hydrogens (tertiary/aromatic N) is 1. The highest BCUT2D eigenvalue weighted by atomic mass is 16.6. The molecule has 1 amide bonds. The van der Waals surface area contributed by atoms with Gasteiger partial charge >= 0.3 is 6.09 Å². The van der Waals surface area contributed by atoms with Crippen molar-refractivity contribution >= 4 is 17.5 Å². The van der Waals surface area contributed by atoms with Crippen LogP contribution in [0.2, 0.25) is 0 Å². The Morgan fingerprint density at radius 3 is 1.59 bits per heavy atom. The zero-order valence-corrected chi connectivity index (χ0v) is 19.5. The minimum Gasteiger partial charge on any atom is -0.442 e. The minimum atomic E-state index is -0.323. The Labute approximate surface area is 194 Å². The first-order valence-electron chi connectivity index (χ1n) is 12.9. The summed E-state index contributed by atoms with van der Waals surface area (Å²) in [6.45, 7) is 0. The molecule has 0 atom stereocenters. The van der Waals surface area contributed by atoms with Crippen LogP contribution >= 0.6 is 0 Å². The lowest BCUT2D eigenvalue weighted by Gasteiger charge is -2.43. The largest absolute Gasteiger partial charge is 0.442 e. The number of carbonyl (C=O) groups is 1. The molecule has 3 heteroatoms. The van der Waals surface area contributed by atoms with Gasteiger partial charge in [-0.1, -0.05) is 87.8 Å². The van der Waals surface area contributed by atoms with Gasteiger partial charge < -0.3 is 4.74 Å². The quantitative estimate of drug-likeness (QED) is 0.482. The summed E-state index contributed by atoms with van der Waals surface area (Å²) in [4.78, 5) is 15.7. The van der Waals surface area contributed by atoms with E-state index < -0.39 is 0 Å². The van der Waals surface area contributed by atoms with Crippen LogP contribution in [-0.4, -0.2) is 11.7 Å². The second-order valence-corrected chi connectivity index (χ2v) is 9.75. The molecule has 0 radical (unpaired) electrons. The van der Waals surface area contributed by atoms with E-state index in [9.17, 15) is 4.79 Å². The molecule has 4 rings (SSSR count). The molecule has 2 aromatic rings.